The predicted octanol–water partition coefficient (Wildman–Crippen LogP) is 3.20. The number of rotatable bonds is 2. The minimum absolute atomic E-state index is 0.873. The van der Waals surface area contributed by atoms with Gasteiger partial charge in [-0.2, -0.15) is 0 Å². The maximum Gasteiger partial charge on any atom is 0.142 e. The third-order valence-corrected chi connectivity index (χ3v) is 2.41. The van der Waals surface area contributed by atoms with Gasteiger partial charge in [0.15, 0.2) is 0 Å². The van der Waals surface area contributed by atoms with Crippen LogP contribution < -0.4 is 4.72 Å². The van der Waals surface area contributed by atoms with E-state index in [0.717, 1.165) is 17.7 Å². The number of hydrogen-bond donors (Lipinski definition) is 1. The Morgan fingerprint density at radius 3 is 2.73 bits per heavy atom. The van der Waals surface area contributed by atoms with Crippen molar-refractivity contribution < 1.29 is 4.21 Å². The largest absolute Gasteiger partial charge is 0.301 e. The normalized spacial score (nSPS) is 24.3. The highest BCUT2D eigenvalue weighted by Gasteiger charge is 2.08. The second-order valence-electron chi connectivity index (χ2n) is 2.59. The van der Waals surface area contributed by atoms with Crippen molar-refractivity contribution in [2.75, 3.05) is 0 Å². The summed E-state index contributed by atoms with van der Waals surface area (Å²) in [5.74, 6) is 0. The summed E-state index contributed by atoms with van der Waals surface area (Å²) in [6.07, 6.45) is 8.41. The van der Waals surface area contributed by atoms with Crippen LogP contribution in [0.4, 0.5) is 0 Å². The molecule has 0 amide bonds. The molecule has 84 valence electrons. The van der Waals surface area contributed by atoms with Crippen molar-refractivity contribution in [3.63, 3.8) is 0 Å². The first-order chi connectivity index (χ1) is 7.27. The molecule has 2 nitrogen and oxygen atoms in total. The average Bonchev–Trinajstić information content (AvgIpc) is 2.26. The molecule has 0 aromatic rings. The Hall–Kier alpha value is -1.09. The van der Waals surface area contributed by atoms with Crippen LogP contribution >= 0.6 is 0 Å². The molecule has 0 aromatic heterocycles. The van der Waals surface area contributed by atoms with Gasteiger partial charge in [0.05, 0.1) is 5.70 Å². The maximum atomic E-state index is 11.1. The molecule has 1 atom stereocenters. The Labute approximate surface area is 95.1 Å². The van der Waals surface area contributed by atoms with Gasteiger partial charge in [-0.1, -0.05) is 39.5 Å². The van der Waals surface area contributed by atoms with Crippen molar-refractivity contribution in [2.45, 2.75) is 27.2 Å². The minimum atomic E-state index is -1.08. The lowest BCUT2D eigenvalue weighted by Crippen LogP contribution is -2.19. The lowest BCUT2D eigenvalue weighted by atomic mass is 10.1. The first-order valence-corrected chi connectivity index (χ1v) is 6.38. The van der Waals surface area contributed by atoms with Gasteiger partial charge in [0, 0.05) is 5.41 Å². The summed E-state index contributed by atoms with van der Waals surface area (Å²) >= 11 is 0. The van der Waals surface area contributed by atoms with Crippen LogP contribution in [-0.4, -0.2) is 4.21 Å². The molecule has 1 aliphatic rings. The van der Waals surface area contributed by atoms with E-state index in [1.54, 1.807) is 11.5 Å². The quantitative estimate of drug-likeness (QED) is 0.768. The SMILES string of the molecule is C=C/C=C1/NS(=O)C=C/C1=C/CC.CC. The number of hydrogen-bond acceptors (Lipinski definition) is 1. The van der Waals surface area contributed by atoms with Crippen LogP contribution in [0.25, 0.3) is 0 Å². The van der Waals surface area contributed by atoms with Crippen molar-refractivity contribution in [1.82, 2.24) is 4.72 Å². The van der Waals surface area contributed by atoms with Gasteiger partial charge in [0.1, 0.15) is 11.0 Å². The number of nitrogens with one attached hydrogen (secondary N) is 1. The zero-order chi connectivity index (χ0) is 11.7. The molecule has 0 saturated heterocycles. The highest BCUT2D eigenvalue weighted by molar-refractivity contribution is 7.86. The van der Waals surface area contributed by atoms with Gasteiger partial charge >= 0.3 is 0 Å². The molecular weight excluding hydrogens is 206 g/mol. The first-order valence-electron chi connectivity index (χ1n) is 5.16. The van der Waals surface area contributed by atoms with E-state index >= 15 is 0 Å². The van der Waals surface area contributed by atoms with Crippen LogP contribution in [0.3, 0.4) is 0 Å². The molecule has 1 unspecified atom stereocenters. The van der Waals surface area contributed by atoms with Crippen molar-refractivity contribution in [3.05, 3.63) is 47.6 Å². The maximum absolute atomic E-state index is 11.1. The topological polar surface area (TPSA) is 29.1 Å². The highest BCUT2D eigenvalue weighted by Crippen LogP contribution is 2.15. The van der Waals surface area contributed by atoms with Crippen molar-refractivity contribution in [1.29, 1.82) is 0 Å². The van der Waals surface area contributed by atoms with Crippen LogP contribution in [0.2, 0.25) is 0 Å². The molecule has 0 aromatic carbocycles. The van der Waals surface area contributed by atoms with Crippen LogP contribution in [0, 0.1) is 0 Å². The third-order valence-electron chi connectivity index (χ3n) is 1.60. The van der Waals surface area contributed by atoms with Gasteiger partial charge in [-0.15, -0.1) is 0 Å². The molecule has 0 bridgehead atoms. The molecule has 0 fully saturated rings. The molecule has 15 heavy (non-hydrogen) atoms. The highest BCUT2D eigenvalue weighted by atomic mass is 32.2. The average molecular weight is 225 g/mol. The molecule has 3 heteroatoms. The zero-order valence-electron chi connectivity index (χ0n) is 9.62. The summed E-state index contributed by atoms with van der Waals surface area (Å²) < 4.78 is 14.0. The standard InChI is InChI=1S/C10H13NOS.C2H6/c1-3-5-9-7-8-13(12)11-10(9)6-4-2;1-2/h4-8,11H,2-3H2,1H3;1-2H3/b9-5-,10-6+;. The monoisotopic (exact) mass is 225 g/mol. The molecule has 0 spiro atoms. The summed E-state index contributed by atoms with van der Waals surface area (Å²) in [6.45, 7) is 9.68. The van der Waals surface area contributed by atoms with Crippen molar-refractivity contribution in [2.24, 2.45) is 0 Å². The Kier molecular flexibility index (Phi) is 7.64. The fraction of sp³-hybridized carbons (Fsp3) is 0.333. The van der Waals surface area contributed by atoms with E-state index < -0.39 is 11.0 Å². The first kappa shape index (κ1) is 13.9. The van der Waals surface area contributed by atoms with E-state index in [1.165, 1.54) is 0 Å². The summed E-state index contributed by atoms with van der Waals surface area (Å²) in [6, 6.07) is 0. The van der Waals surface area contributed by atoms with Gasteiger partial charge in [-0.3, -0.25) is 0 Å². The smallest absolute Gasteiger partial charge is 0.142 e. The van der Waals surface area contributed by atoms with E-state index in [4.69, 9.17) is 0 Å². The zero-order valence-corrected chi connectivity index (χ0v) is 10.4. The van der Waals surface area contributed by atoms with Crippen LogP contribution in [-0.2, 0) is 11.0 Å². The van der Waals surface area contributed by atoms with E-state index in [-0.39, 0.29) is 0 Å². The Morgan fingerprint density at radius 1 is 1.53 bits per heavy atom. The third kappa shape index (κ3) is 4.79. The Morgan fingerprint density at radius 2 is 2.20 bits per heavy atom. The molecule has 1 N–H and O–H groups in total. The van der Waals surface area contributed by atoms with Gasteiger partial charge in [0.25, 0.3) is 0 Å². The molecule has 1 aliphatic heterocycles. The van der Waals surface area contributed by atoms with Gasteiger partial charge in [0.2, 0.25) is 0 Å². The van der Waals surface area contributed by atoms with E-state index in [2.05, 4.69) is 24.3 Å². The molecular formula is C12H19NOS. The fourth-order valence-electron chi connectivity index (χ4n) is 1.07. The summed E-state index contributed by atoms with van der Waals surface area (Å²) in [5.41, 5.74) is 1.94. The Balaban J connectivity index is 0.000000921. The summed E-state index contributed by atoms with van der Waals surface area (Å²) in [5, 5.41) is 1.64. The molecule has 0 aliphatic carbocycles. The minimum Gasteiger partial charge on any atom is -0.301 e. The van der Waals surface area contributed by atoms with Crippen LogP contribution in [0.1, 0.15) is 27.2 Å². The van der Waals surface area contributed by atoms with Crippen molar-refractivity contribution >= 4 is 11.0 Å². The number of allylic oxidation sites excluding steroid dienone is 4. The fourth-order valence-corrected chi connectivity index (χ4v) is 1.81. The predicted molar refractivity (Wildman–Crippen MR) is 68.4 cm³/mol. The second kappa shape index (κ2) is 8.24. The van der Waals surface area contributed by atoms with E-state index in [9.17, 15) is 4.21 Å². The summed E-state index contributed by atoms with van der Waals surface area (Å²) in [7, 11) is -1.08. The molecule has 0 radical (unpaired) electrons. The van der Waals surface area contributed by atoms with E-state index in [1.807, 2.05) is 26.0 Å². The van der Waals surface area contributed by atoms with Gasteiger partial charge < -0.3 is 4.72 Å². The van der Waals surface area contributed by atoms with Crippen LogP contribution in [0.5, 0.6) is 0 Å². The summed E-state index contributed by atoms with van der Waals surface area (Å²) in [4.78, 5) is 0. The lowest BCUT2D eigenvalue weighted by Gasteiger charge is -2.13. The molecule has 0 saturated carbocycles. The van der Waals surface area contributed by atoms with Crippen molar-refractivity contribution in [3.8, 4) is 0 Å². The second-order valence-corrected chi connectivity index (χ2v) is 3.66. The van der Waals surface area contributed by atoms with E-state index in [0.29, 0.717) is 0 Å². The Bertz CT molecular complexity index is 314. The molecule has 1 rings (SSSR count). The molecule has 1 heterocycles. The van der Waals surface area contributed by atoms with Gasteiger partial charge in [-0.25, -0.2) is 4.21 Å². The lowest BCUT2D eigenvalue weighted by molar-refractivity contribution is 0.683. The van der Waals surface area contributed by atoms with Gasteiger partial charge in [-0.05, 0) is 24.1 Å². The van der Waals surface area contributed by atoms with Crippen LogP contribution in [0.15, 0.2) is 47.6 Å².